The minimum Gasteiger partial charge on any atom is -0.450 e. The van der Waals surface area contributed by atoms with Crippen molar-refractivity contribution in [3.05, 3.63) is 0 Å². The van der Waals surface area contributed by atoms with Crippen LogP contribution in [-0.4, -0.2) is 38.7 Å². The first-order chi connectivity index (χ1) is 6.68. The van der Waals surface area contributed by atoms with E-state index in [2.05, 4.69) is 15.8 Å². The molecule has 1 amide bonds. The molecule has 0 aromatic carbocycles. The van der Waals surface area contributed by atoms with Crippen LogP contribution in [0.1, 0.15) is 6.92 Å². The molecule has 0 aromatic heterocycles. The Morgan fingerprint density at radius 1 is 1.79 bits per heavy atom. The number of isocyanates is 1. The Kier molecular flexibility index (Phi) is 15.2. The fourth-order valence-electron chi connectivity index (χ4n) is 0.503. The lowest BCUT2D eigenvalue weighted by Gasteiger charge is -1.89. The number of hydrogen-bond acceptors (Lipinski definition) is 6. The van der Waals surface area contributed by atoms with E-state index in [-0.39, 0.29) is 0 Å². The predicted molar refractivity (Wildman–Crippen MR) is 48.4 cm³/mol. The van der Waals surface area contributed by atoms with E-state index in [1.165, 1.54) is 0 Å². The zero-order chi connectivity index (χ0) is 11.2. The van der Waals surface area contributed by atoms with Crippen LogP contribution in [0.2, 0.25) is 0 Å². The highest BCUT2D eigenvalue weighted by atomic mass is 16.5. The summed E-state index contributed by atoms with van der Waals surface area (Å²) in [4.78, 5) is 17.9. The Hall–Kier alpha value is -1.43. The molecule has 1 aliphatic heterocycles. The number of nitrogens with one attached hydrogen (secondary N) is 2. The summed E-state index contributed by atoms with van der Waals surface area (Å²) < 4.78 is 9.01. The minimum absolute atomic E-state index is 0.356. The highest BCUT2D eigenvalue weighted by Crippen LogP contribution is 1.75. The lowest BCUT2D eigenvalue weighted by molar-refractivity contribution is 0.163. The molecular formula is C7H15N3O4. The SMILES string of the molecule is C1COCN1.CCOC(N)=O.N=C=O. The molecule has 1 heterocycles. The summed E-state index contributed by atoms with van der Waals surface area (Å²) in [6, 6.07) is 0. The molecule has 0 saturated carbocycles. The van der Waals surface area contributed by atoms with Crippen molar-refractivity contribution in [2.75, 3.05) is 26.5 Å². The average Bonchev–Trinajstić information content (AvgIpc) is 2.61. The van der Waals surface area contributed by atoms with Gasteiger partial charge in [0.2, 0.25) is 6.08 Å². The first-order valence-electron chi connectivity index (χ1n) is 3.93. The van der Waals surface area contributed by atoms with Crippen molar-refractivity contribution in [1.29, 1.82) is 5.41 Å². The maximum atomic E-state index is 9.60. The van der Waals surface area contributed by atoms with Crippen molar-refractivity contribution in [2.45, 2.75) is 6.92 Å². The molecule has 1 rings (SSSR count). The van der Waals surface area contributed by atoms with Gasteiger partial charge < -0.3 is 15.2 Å². The second-order valence-corrected chi connectivity index (χ2v) is 1.91. The van der Waals surface area contributed by atoms with Gasteiger partial charge in [-0.15, -0.1) is 0 Å². The summed E-state index contributed by atoms with van der Waals surface area (Å²) in [6.07, 6.45) is 0.0394. The Morgan fingerprint density at radius 2 is 2.36 bits per heavy atom. The van der Waals surface area contributed by atoms with Crippen LogP contribution in [0.5, 0.6) is 0 Å². The van der Waals surface area contributed by atoms with Gasteiger partial charge in [-0.3, -0.25) is 5.32 Å². The van der Waals surface area contributed by atoms with Crippen molar-refractivity contribution in [1.82, 2.24) is 5.32 Å². The van der Waals surface area contributed by atoms with Crippen LogP contribution >= 0.6 is 0 Å². The largest absolute Gasteiger partial charge is 0.450 e. The van der Waals surface area contributed by atoms with E-state index in [0.29, 0.717) is 6.61 Å². The quantitative estimate of drug-likeness (QED) is 0.397. The van der Waals surface area contributed by atoms with E-state index < -0.39 is 6.09 Å². The van der Waals surface area contributed by atoms with Crippen molar-refractivity contribution in [2.24, 2.45) is 5.73 Å². The minimum atomic E-state index is -0.711. The summed E-state index contributed by atoms with van der Waals surface area (Å²) >= 11 is 0. The molecule has 0 bridgehead atoms. The van der Waals surface area contributed by atoms with Gasteiger partial charge in [0.1, 0.15) is 0 Å². The number of rotatable bonds is 1. The van der Waals surface area contributed by atoms with E-state index in [4.69, 9.17) is 14.9 Å². The summed E-state index contributed by atoms with van der Waals surface area (Å²) in [5, 5.41) is 8.40. The van der Waals surface area contributed by atoms with Gasteiger partial charge in [0, 0.05) is 6.54 Å². The maximum Gasteiger partial charge on any atom is 0.404 e. The average molecular weight is 205 g/mol. The molecule has 1 aliphatic rings. The number of primary amides is 1. The van der Waals surface area contributed by atoms with Crippen LogP contribution in [0.3, 0.4) is 0 Å². The summed E-state index contributed by atoms with van der Waals surface area (Å²) in [6.45, 7) is 4.72. The van der Waals surface area contributed by atoms with Crippen LogP contribution in [-0.2, 0) is 14.3 Å². The molecule has 1 saturated heterocycles. The standard InChI is InChI=1S/C3H7NO2.C3H7NO.CHNO/c1-2-6-3(4)5;1-2-5-3-4-1;2-1-3/h2H2,1H3,(H2,4,5);4H,1-3H2;2H. The third-order valence-corrected chi connectivity index (χ3v) is 0.914. The fraction of sp³-hybridized carbons (Fsp3) is 0.714. The smallest absolute Gasteiger partial charge is 0.404 e. The third-order valence-electron chi connectivity index (χ3n) is 0.914. The van der Waals surface area contributed by atoms with E-state index in [9.17, 15) is 4.79 Å². The fourth-order valence-corrected chi connectivity index (χ4v) is 0.503. The molecule has 7 heteroatoms. The van der Waals surface area contributed by atoms with Gasteiger partial charge in [0.25, 0.3) is 0 Å². The molecule has 14 heavy (non-hydrogen) atoms. The molecule has 0 radical (unpaired) electrons. The molecule has 7 nitrogen and oxygen atoms in total. The van der Waals surface area contributed by atoms with Crippen LogP contribution in [0.4, 0.5) is 4.79 Å². The van der Waals surface area contributed by atoms with Crippen molar-refractivity contribution >= 4 is 12.2 Å². The monoisotopic (exact) mass is 205 g/mol. The molecule has 82 valence electrons. The number of carbonyl (C=O) groups is 1. The second kappa shape index (κ2) is 14.1. The van der Waals surface area contributed by atoms with Gasteiger partial charge in [0.15, 0.2) is 0 Å². The molecule has 4 N–H and O–H groups in total. The number of amides is 1. The van der Waals surface area contributed by atoms with Gasteiger partial charge in [0.05, 0.1) is 19.9 Å². The van der Waals surface area contributed by atoms with E-state index in [1.54, 1.807) is 6.92 Å². The Bertz CT molecular complexity index is 157. The van der Waals surface area contributed by atoms with E-state index >= 15 is 0 Å². The molecule has 0 atom stereocenters. The van der Waals surface area contributed by atoms with Crippen LogP contribution in [0.25, 0.3) is 0 Å². The zero-order valence-electron chi connectivity index (χ0n) is 8.04. The van der Waals surface area contributed by atoms with E-state index in [1.807, 2.05) is 0 Å². The lowest BCUT2D eigenvalue weighted by atomic mass is 10.7. The lowest BCUT2D eigenvalue weighted by Crippen LogP contribution is -2.11. The number of ether oxygens (including phenoxy) is 2. The molecule has 0 aromatic rings. The van der Waals surface area contributed by atoms with Gasteiger partial charge in [-0.05, 0) is 6.92 Å². The van der Waals surface area contributed by atoms with Crippen molar-refractivity contribution in [3.8, 4) is 0 Å². The first-order valence-corrected chi connectivity index (χ1v) is 3.93. The highest BCUT2D eigenvalue weighted by Gasteiger charge is 1.92. The van der Waals surface area contributed by atoms with Gasteiger partial charge in [-0.25, -0.2) is 15.0 Å². The van der Waals surface area contributed by atoms with Crippen molar-refractivity contribution < 1.29 is 19.1 Å². The molecule has 0 spiro atoms. The van der Waals surface area contributed by atoms with Crippen molar-refractivity contribution in [3.63, 3.8) is 0 Å². The van der Waals surface area contributed by atoms with E-state index in [0.717, 1.165) is 26.0 Å². The topological polar surface area (TPSA) is 114 Å². The Labute approximate surface area is 82.1 Å². The van der Waals surface area contributed by atoms with Gasteiger partial charge in [-0.2, -0.15) is 0 Å². The van der Waals surface area contributed by atoms with Crippen LogP contribution < -0.4 is 11.1 Å². The first kappa shape index (κ1) is 15.1. The zero-order valence-corrected chi connectivity index (χ0v) is 8.04. The Balaban J connectivity index is 0. The van der Waals surface area contributed by atoms with Crippen LogP contribution in [0, 0.1) is 5.41 Å². The molecule has 0 aliphatic carbocycles. The summed E-state index contributed by atoms with van der Waals surface area (Å²) in [7, 11) is 0. The van der Waals surface area contributed by atoms with Gasteiger partial charge >= 0.3 is 6.09 Å². The maximum absolute atomic E-state index is 9.60. The summed E-state index contributed by atoms with van der Waals surface area (Å²) in [5.74, 6) is 0. The molecule has 1 fully saturated rings. The second-order valence-electron chi connectivity index (χ2n) is 1.91. The third kappa shape index (κ3) is 22.4. The number of nitrogens with two attached hydrogens (primary N) is 1. The predicted octanol–water partition coefficient (Wildman–Crippen LogP) is -0.434. The number of carbonyl (C=O) groups excluding carboxylic acids is 2. The summed E-state index contributed by atoms with van der Waals surface area (Å²) in [5.41, 5.74) is 4.54. The number of hydrogen-bond donors (Lipinski definition) is 3. The highest BCUT2D eigenvalue weighted by molar-refractivity contribution is 5.64. The Morgan fingerprint density at radius 3 is 2.43 bits per heavy atom. The normalized spacial score (nSPS) is 12.4. The van der Waals surface area contributed by atoms with Gasteiger partial charge in [-0.1, -0.05) is 0 Å². The molecular weight excluding hydrogens is 190 g/mol. The molecule has 0 unspecified atom stereocenters. The van der Waals surface area contributed by atoms with Crippen LogP contribution in [0.15, 0.2) is 0 Å².